The van der Waals surface area contributed by atoms with Gasteiger partial charge >= 0.3 is 0 Å². The van der Waals surface area contributed by atoms with Gasteiger partial charge in [-0.2, -0.15) is 0 Å². The number of thioether (sulfide) groups is 1. The molecule has 1 rings (SSSR count). The Balaban J connectivity index is 2.29. The monoisotopic (exact) mass is 337 g/mol. The smallest absolute Gasteiger partial charge is 0.175 e. The van der Waals surface area contributed by atoms with E-state index in [0.29, 0.717) is 18.0 Å². The lowest BCUT2D eigenvalue weighted by atomic mass is 10.4. The van der Waals surface area contributed by atoms with Crippen LogP contribution < -0.4 is 5.32 Å². The van der Waals surface area contributed by atoms with Gasteiger partial charge in [-0.15, -0.1) is 11.8 Å². The molecule has 0 unspecified atom stereocenters. The summed E-state index contributed by atoms with van der Waals surface area (Å²) in [6.45, 7) is 1.15. The molecule has 5 nitrogen and oxygen atoms in total. The Labute approximate surface area is 125 Å². The zero-order valence-corrected chi connectivity index (χ0v) is 13.9. The molecular weight excluding hydrogens is 318 g/mol. The standard InChI is InChI=1S/C12H19NO4S3/c1-19(14,15)10-8-13-7-9-18-11-3-5-12(6-4-11)20(2,16)17/h3-6,13H,7-10H2,1-2H3. The van der Waals surface area contributed by atoms with Crippen molar-refractivity contribution < 1.29 is 16.8 Å². The first-order valence-corrected chi connectivity index (χ1v) is 10.9. The maximum atomic E-state index is 11.3. The molecule has 0 aliphatic carbocycles. The van der Waals surface area contributed by atoms with E-state index in [1.54, 1.807) is 36.0 Å². The highest BCUT2D eigenvalue weighted by atomic mass is 32.2. The van der Waals surface area contributed by atoms with Gasteiger partial charge in [0.15, 0.2) is 9.84 Å². The number of sulfone groups is 2. The molecule has 0 aromatic heterocycles. The molecule has 0 aliphatic heterocycles. The van der Waals surface area contributed by atoms with Gasteiger partial charge in [0.1, 0.15) is 9.84 Å². The van der Waals surface area contributed by atoms with Gasteiger partial charge < -0.3 is 5.32 Å². The molecule has 0 saturated heterocycles. The lowest BCUT2D eigenvalue weighted by Crippen LogP contribution is -2.24. The van der Waals surface area contributed by atoms with Gasteiger partial charge in [0.2, 0.25) is 0 Å². The summed E-state index contributed by atoms with van der Waals surface area (Å²) in [5, 5.41) is 3.05. The van der Waals surface area contributed by atoms with Crippen molar-refractivity contribution in [1.29, 1.82) is 0 Å². The maximum Gasteiger partial charge on any atom is 0.175 e. The molecule has 114 valence electrons. The largest absolute Gasteiger partial charge is 0.315 e. The lowest BCUT2D eigenvalue weighted by Gasteiger charge is -2.05. The van der Waals surface area contributed by atoms with Crippen LogP contribution in [0.2, 0.25) is 0 Å². The molecule has 0 spiro atoms. The van der Waals surface area contributed by atoms with Gasteiger partial charge in [0.05, 0.1) is 10.6 Å². The summed E-state index contributed by atoms with van der Waals surface area (Å²) in [7, 11) is -6.05. The van der Waals surface area contributed by atoms with Gasteiger partial charge in [-0.3, -0.25) is 0 Å². The minimum absolute atomic E-state index is 0.140. The van der Waals surface area contributed by atoms with Crippen molar-refractivity contribution in [3.05, 3.63) is 24.3 Å². The third-order valence-corrected chi connectivity index (χ3v) is 5.54. The first-order valence-electron chi connectivity index (χ1n) is 6.00. The lowest BCUT2D eigenvalue weighted by molar-refractivity contribution is 0.597. The van der Waals surface area contributed by atoms with E-state index in [9.17, 15) is 16.8 Å². The number of nitrogens with one attached hydrogen (secondary N) is 1. The summed E-state index contributed by atoms with van der Waals surface area (Å²) in [6.07, 6.45) is 2.40. The van der Waals surface area contributed by atoms with Crippen molar-refractivity contribution in [2.45, 2.75) is 9.79 Å². The predicted octanol–water partition coefficient (Wildman–Crippen LogP) is 0.816. The minimum Gasteiger partial charge on any atom is -0.315 e. The molecule has 0 saturated carbocycles. The molecule has 0 heterocycles. The van der Waals surface area contributed by atoms with Gasteiger partial charge in [0, 0.05) is 36.2 Å². The van der Waals surface area contributed by atoms with Crippen LogP contribution in [0.15, 0.2) is 34.1 Å². The topological polar surface area (TPSA) is 80.3 Å². The second-order valence-electron chi connectivity index (χ2n) is 4.47. The quantitative estimate of drug-likeness (QED) is 0.559. The minimum atomic E-state index is -3.14. The van der Waals surface area contributed by atoms with Crippen molar-refractivity contribution >= 4 is 31.4 Å². The van der Waals surface area contributed by atoms with Crippen LogP contribution in [0, 0.1) is 0 Å². The normalized spacial score (nSPS) is 12.5. The van der Waals surface area contributed by atoms with Crippen molar-refractivity contribution in [3.63, 3.8) is 0 Å². The Bertz CT molecular complexity index is 621. The van der Waals surface area contributed by atoms with Crippen LogP contribution in [0.1, 0.15) is 0 Å². The third kappa shape index (κ3) is 7.28. The second kappa shape index (κ2) is 7.44. The zero-order chi connectivity index (χ0) is 15.2. The Kier molecular flexibility index (Phi) is 6.50. The fourth-order valence-electron chi connectivity index (χ4n) is 1.41. The average molecular weight is 337 g/mol. The van der Waals surface area contributed by atoms with E-state index in [0.717, 1.165) is 10.6 Å². The van der Waals surface area contributed by atoms with Crippen LogP contribution in [-0.4, -0.2) is 53.9 Å². The Hall–Kier alpha value is -0.570. The van der Waals surface area contributed by atoms with Crippen LogP contribution in [-0.2, 0) is 19.7 Å². The van der Waals surface area contributed by atoms with E-state index in [4.69, 9.17) is 0 Å². The number of hydrogen-bond acceptors (Lipinski definition) is 6. The van der Waals surface area contributed by atoms with E-state index in [1.165, 1.54) is 12.5 Å². The molecule has 0 amide bonds. The summed E-state index contributed by atoms with van der Waals surface area (Å²) in [5.41, 5.74) is 0. The van der Waals surface area contributed by atoms with Crippen molar-refractivity contribution in [2.75, 3.05) is 37.1 Å². The summed E-state index contributed by atoms with van der Waals surface area (Å²) in [5.74, 6) is 0.933. The van der Waals surface area contributed by atoms with Crippen LogP contribution in [0.5, 0.6) is 0 Å². The third-order valence-electron chi connectivity index (χ3n) is 2.45. The van der Waals surface area contributed by atoms with Gasteiger partial charge in [-0.25, -0.2) is 16.8 Å². The highest BCUT2D eigenvalue weighted by Crippen LogP contribution is 2.19. The molecule has 20 heavy (non-hydrogen) atoms. The van der Waals surface area contributed by atoms with Crippen molar-refractivity contribution in [1.82, 2.24) is 5.32 Å². The molecule has 1 aromatic rings. The van der Waals surface area contributed by atoms with Crippen LogP contribution >= 0.6 is 11.8 Å². The van der Waals surface area contributed by atoms with Gasteiger partial charge in [-0.1, -0.05) is 0 Å². The molecule has 0 fully saturated rings. The van der Waals surface area contributed by atoms with Gasteiger partial charge in [0.25, 0.3) is 0 Å². The second-order valence-corrected chi connectivity index (χ2v) is 9.92. The summed E-state index contributed by atoms with van der Waals surface area (Å²) < 4.78 is 44.4. The molecule has 0 aliphatic rings. The molecule has 8 heteroatoms. The van der Waals surface area contributed by atoms with E-state index >= 15 is 0 Å². The number of benzene rings is 1. The first-order chi connectivity index (χ1) is 9.18. The zero-order valence-electron chi connectivity index (χ0n) is 11.5. The van der Waals surface area contributed by atoms with E-state index in [2.05, 4.69) is 5.32 Å². The first kappa shape index (κ1) is 17.5. The SMILES string of the molecule is CS(=O)(=O)CCNCCSc1ccc(S(C)(=O)=O)cc1. The number of rotatable bonds is 8. The number of hydrogen-bond donors (Lipinski definition) is 1. The maximum absolute atomic E-state index is 11.3. The molecule has 0 radical (unpaired) electrons. The van der Waals surface area contributed by atoms with E-state index in [-0.39, 0.29) is 5.75 Å². The Morgan fingerprint density at radius 2 is 1.60 bits per heavy atom. The molecule has 0 bridgehead atoms. The molecule has 1 N–H and O–H groups in total. The average Bonchev–Trinajstić information content (AvgIpc) is 2.32. The Morgan fingerprint density at radius 3 is 2.10 bits per heavy atom. The highest BCUT2D eigenvalue weighted by molar-refractivity contribution is 7.99. The van der Waals surface area contributed by atoms with Crippen LogP contribution in [0.3, 0.4) is 0 Å². The summed E-state index contributed by atoms with van der Waals surface area (Å²) >= 11 is 1.59. The predicted molar refractivity (Wildman–Crippen MR) is 82.9 cm³/mol. The van der Waals surface area contributed by atoms with E-state index in [1.807, 2.05) is 0 Å². The fraction of sp³-hybridized carbons (Fsp3) is 0.500. The van der Waals surface area contributed by atoms with E-state index < -0.39 is 19.7 Å². The summed E-state index contributed by atoms with van der Waals surface area (Å²) in [4.78, 5) is 1.30. The summed E-state index contributed by atoms with van der Waals surface area (Å²) in [6, 6.07) is 6.73. The van der Waals surface area contributed by atoms with Crippen LogP contribution in [0.4, 0.5) is 0 Å². The molecule has 0 atom stereocenters. The Morgan fingerprint density at radius 1 is 1.00 bits per heavy atom. The molecular formula is C12H19NO4S3. The van der Waals surface area contributed by atoms with Crippen molar-refractivity contribution in [2.24, 2.45) is 0 Å². The highest BCUT2D eigenvalue weighted by Gasteiger charge is 2.06. The molecule has 1 aromatic carbocycles. The van der Waals surface area contributed by atoms with Crippen molar-refractivity contribution in [3.8, 4) is 0 Å². The fourth-order valence-corrected chi connectivity index (χ4v) is 3.36. The van der Waals surface area contributed by atoms with Gasteiger partial charge in [-0.05, 0) is 24.3 Å². The van der Waals surface area contributed by atoms with Crippen LogP contribution in [0.25, 0.3) is 0 Å².